The summed E-state index contributed by atoms with van der Waals surface area (Å²) in [6.45, 7) is 3.08. The number of nitrogens with zero attached hydrogens (tertiary/aromatic N) is 2. The molecule has 6 heteroatoms. The Hall–Kier alpha value is -2.21. The topological polar surface area (TPSA) is 80.0 Å². The monoisotopic (exact) mass is 286 g/mol. The highest BCUT2D eigenvalue weighted by Crippen LogP contribution is 2.19. The first-order valence-electron chi connectivity index (χ1n) is 7.15. The van der Waals surface area contributed by atoms with Crippen molar-refractivity contribution in [1.82, 2.24) is 20.8 Å². The molecule has 1 saturated heterocycles. The largest absolute Gasteiger partial charge is 0.355 e. The van der Waals surface area contributed by atoms with Gasteiger partial charge in [-0.1, -0.05) is 5.16 Å². The smallest absolute Gasteiger partial charge is 0.273 e. The van der Waals surface area contributed by atoms with Crippen LogP contribution in [0.5, 0.6) is 0 Å². The molecule has 110 valence electrons. The Balaban J connectivity index is 1.69. The molecule has 1 aliphatic rings. The van der Waals surface area contributed by atoms with E-state index in [1.54, 1.807) is 18.5 Å². The number of hydrogen-bond donors (Lipinski definition) is 2. The van der Waals surface area contributed by atoms with E-state index in [0.717, 1.165) is 24.9 Å². The van der Waals surface area contributed by atoms with E-state index in [-0.39, 0.29) is 18.0 Å². The van der Waals surface area contributed by atoms with Gasteiger partial charge in [-0.25, -0.2) is 0 Å². The lowest BCUT2D eigenvalue weighted by Crippen LogP contribution is -2.51. The first-order valence-corrected chi connectivity index (χ1v) is 7.15. The van der Waals surface area contributed by atoms with Crippen LogP contribution in [0.3, 0.4) is 0 Å². The van der Waals surface area contributed by atoms with Crippen LogP contribution in [0.1, 0.15) is 30.3 Å². The van der Waals surface area contributed by atoms with Crippen molar-refractivity contribution in [2.75, 3.05) is 6.54 Å². The Morgan fingerprint density at radius 2 is 2.24 bits per heavy atom. The van der Waals surface area contributed by atoms with Crippen molar-refractivity contribution in [3.63, 3.8) is 0 Å². The van der Waals surface area contributed by atoms with Crippen LogP contribution < -0.4 is 10.6 Å². The summed E-state index contributed by atoms with van der Waals surface area (Å²) in [5, 5.41) is 10.2. The summed E-state index contributed by atoms with van der Waals surface area (Å²) in [6, 6.07) is 5.69. The van der Waals surface area contributed by atoms with Crippen molar-refractivity contribution in [2.45, 2.75) is 31.8 Å². The maximum Gasteiger partial charge on any atom is 0.273 e. The number of carbonyl (C=O) groups excluding carboxylic acids is 1. The van der Waals surface area contributed by atoms with Crippen molar-refractivity contribution in [3.05, 3.63) is 36.3 Å². The first kappa shape index (κ1) is 13.8. The molecule has 21 heavy (non-hydrogen) atoms. The summed E-state index contributed by atoms with van der Waals surface area (Å²) in [6.07, 6.45) is 5.39. The van der Waals surface area contributed by atoms with Crippen molar-refractivity contribution in [3.8, 4) is 11.3 Å². The third kappa shape index (κ3) is 3.11. The van der Waals surface area contributed by atoms with Gasteiger partial charge < -0.3 is 15.2 Å². The molecule has 2 aromatic rings. The molecule has 1 aliphatic heterocycles. The number of rotatable bonds is 3. The highest BCUT2D eigenvalue weighted by Gasteiger charge is 2.24. The van der Waals surface area contributed by atoms with Gasteiger partial charge in [0.05, 0.1) is 0 Å². The van der Waals surface area contributed by atoms with Crippen molar-refractivity contribution in [1.29, 1.82) is 0 Å². The van der Waals surface area contributed by atoms with Gasteiger partial charge in [-0.3, -0.25) is 9.78 Å². The number of aromatic nitrogens is 2. The maximum atomic E-state index is 12.2. The van der Waals surface area contributed by atoms with Crippen LogP contribution in [0.25, 0.3) is 11.3 Å². The molecule has 3 heterocycles. The zero-order valence-electron chi connectivity index (χ0n) is 11.9. The number of piperidine rings is 1. The van der Waals surface area contributed by atoms with Crippen LogP contribution >= 0.6 is 0 Å². The average molecular weight is 286 g/mol. The quantitative estimate of drug-likeness (QED) is 0.896. The molecule has 2 N–H and O–H groups in total. The van der Waals surface area contributed by atoms with E-state index in [1.807, 2.05) is 12.1 Å². The van der Waals surface area contributed by atoms with Crippen molar-refractivity contribution in [2.24, 2.45) is 0 Å². The number of pyridine rings is 1. The molecule has 0 aliphatic carbocycles. The molecule has 0 spiro atoms. The molecule has 0 radical (unpaired) electrons. The van der Waals surface area contributed by atoms with Crippen LogP contribution in [-0.4, -0.2) is 34.7 Å². The van der Waals surface area contributed by atoms with Gasteiger partial charge >= 0.3 is 0 Å². The van der Waals surface area contributed by atoms with Crippen LogP contribution in [0.15, 0.2) is 35.1 Å². The number of carbonyl (C=O) groups is 1. The van der Waals surface area contributed by atoms with Crippen molar-refractivity contribution < 1.29 is 9.32 Å². The standard InChI is InChI=1S/C15H18N4O2/c1-10-12(3-2-6-17-10)18-15(20)13-9-14(21-19-13)11-4-7-16-8-5-11/h4-5,7-10,12,17H,2-3,6H2,1H3,(H,18,20). The second kappa shape index (κ2) is 6.05. The van der Waals surface area contributed by atoms with E-state index in [1.165, 1.54) is 0 Å². The highest BCUT2D eigenvalue weighted by molar-refractivity contribution is 5.93. The van der Waals surface area contributed by atoms with Gasteiger partial charge in [0.1, 0.15) is 0 Å². The highest BCUT2D eigenvalue weighted by atomic mass is 16.5. The van der Waals surface area contributed by atoms with E-state index < -0.39 is 0 Å². The fraction of sp³-hybridized carbons (Fsp3) is 0.400. The van der Waals surface area contributed by atoms with Gasteiger partial charge in [-0.2, -0.15) is 0 Å². The zero-order chi connectivity index (χ0) is 14.7. The maximum absolute atomic E-state index is 12.2. The Kier molecular flexibility index (Phi) is 3.96. The lowest BCUT2D eigenvalue weighted by Gasteiger charge is -2.30. The van der Waals surface area contributed by atoms with Crippen LogP contribution in [-0.2, 0) is 0 Å². The molecule has 6 nitrogen and oxygen atoms in total. The Morgan fingerprint density at radius 1 is 1.43 bits per heavy atom. The predicted molar refractivity (Wildman–Crippen MR) is 77.7 cm³/mol. The third-order valence-electron chi connectivity index (χ3n) is 3.79. The summed E-state index contributed by atoms with van der Waals surface area (Å²) in [7, 11) is 0. The first-order chi connectivity index (χ1) is 10.2. The summed E-state index contributed by atoms with van der Waals surface area (Å²) in [5.41, 5.74) is 1.16. The number of hydrogen-bond acceptors (Lipinski definition) is 5. The van der Waals surface area contributed by atoms with Gasteiger partial charge in [0.15, 0.2) is 11.5 Å². The molecule has 3 rings (SSSR count). The Labute approximate surface area is 122 Å². The molecule has 0 saturated carbocycles. The fourth-order valence-corrected chi connectivity index (χ4v) is 2.52. The average Bonchev–Trinajstić information content (AvgIpc) is 3.00. The minimum atomic E-state index is -0.195. The Bertz CT molecular complexity index is 611. The van der Waals surface area contributed by atoms with E-state index in [4.69, 9.17) is 4.52 Å². The molecule has 0 bridgehead atoms. The second-order valence-electron chi connectivity index (χ2n) is 5.28. The zero-order valence-corrected chi connectivity index (χ0v) is 11.9. The van der Waals surface area contributed by atoms with Gasteiger partial charge in [-0.05, 0) is 38.4 Å². The Morgan fingerprint density at radius 3 is 3.00 bits per heavy atom. The lowest BCUT2D eigenvalue weighted by atomic mass is 10.00. The van der Waals surface area contributed by atoms with Gasteiger partial charge in [0, 0.05) is 36.1 Å². The number of nitrogens with one attached hydrogen (secondary N) is 2. The summed E-state index contributed by atoms with van der Waals surface area (Å²) in [5.74, 6) is 0.372. The molecule has 1 amide bonds. The van der Waals surface area contributed by atoms with E-state index in [0.29, 0.717) is 11.5 Å². The van der Waals surface area contributed by atoms with E-state index >= 15 is 0 Å². The minimum absolute atomic E-state index is 0.132. The lowest BCUT2D eigenvalue weighted by molar-refractivity contribution is 0.0910. The van der Waals surface area contributed by atoms with Crippen LogP contribution in [0.2, 0.25) is 0 Å². The second-order valence-corrected chi connectivity index (χ2v) is 5.28. The normalized spacial score (nSPS) is 22.0. The minimum Gasteiger partial charge on any atom is -0.355 e. The van der Waals surface area contributed by atoms with Crippen LogP contribution in [0.4, 0.5) is 0 Å². The summed E-state index contributed by atoms with van der Waals surface area (Å²) in [4.78, 5) is 16.2. The summed E-state index contributed by atoms with van der Waals surface area (Å²) < 4.78 is 5.23. The fourth-order valence-electron chi connectivity index (χ4n) is 2.52. The van der Waals surface area contributed by atoms with Gasteiger partial charge in [0.2, 0.25) is 0 Å². The third-order valence-corrected chi connectivity index (χ3v) is 3.79. The van der Waals surface area contributed by atoms with E-state index in [9.17, 15) is 4.79 Å². The molecule has 2 atom stereocenters. The summed E-state index contributed by atoms with van der Waals surface area (Å²) >= 11 is 0. The molecular formula is C15H18N4O2. The van der Waals surface area contributed by atoms with E-state index in [2.05, 4.69) is 27.7 Å². The molecule has 2 aromatic heterocycles. The molecule has 2 unspecified atom stereocenters. The SMILES string of the molecule is CC1NCCCC1NC(=O)c1cc(-c2ccncc2)on1. The molecule has 1 fully saturated rings. The van der Waals surface area contributed by atoms with Crippen molar-refractivity contribution >= 4 is 5.91 Å². The molecular weight excluding hydrogens is 268 g/mol. The predicted octanol–water partition coefficient (Wildman–Crippen LogP) is 1.61. The van der Waals surface area contributed by atoms with Gasteiger partial charge in [-0.15, -0.1) is 0 Å². The number of amides is 1. The van der Waals surface area contributed by atoms with Crippen LogP contribution in [0, 0.1) is 0 Å². The van der Waals surface area contributed by atoms with Gasteiger partial charge in [0.25, 0.3) is 5.91 Å². The molecule has 0 aromatic carbocycles.